The molecule has 0 aromatic heterocycles. The molecule has 0 radical (unpaired) electrons. The molecule has 186 valence electrons. The van der Waals surface area contributed by atoms with Crippen LogP contribution in [0, 0.1) is 0 Å². The zero-order valence-corrected chi connectivity index (χ0v) is 16.4. The van der Waals surface area contributed by atoms with Gasteiger partial charge in [0.25, 0.3) is 0 Å². The van der Waals surface area contributed by atoms with Gasteiger partial charge >= 0.3 is 36.1 Å². The third kappa shape index (κ3) is 6.38. The van der Waals surface area contributed by atoms with Crippen LogP contribution in [0.3, 0.4) is 0 Å². The van der Waals surface area contributed by atoms with Gasteiger partial charge in [-0.05, 0) is 12.1 Å². The summed E-state index contributed by atoms with van der Waals surface area (Å²) >= 11 is 0. The first-order chi connectivity index (χ1) is 15.4. The van der Waals surface area contributed by atoms with E-state index in [0.29, 0.717) is 0 Å². The lowest BCUT2D eigenvalue weighted by Gasteiger charge is -2.21. The lowest BCUT2D eigenvalue weighted by Crippen LogP contribution is -2.38. The van der Waals surface area contributed by atoms with Gasteiger partial charge in [-0.2, -0.15) is 43.9 Å². The standard InChI is InChI=1S/C20H12F10O4/c21-17(22,19(25,26)27)9-11-5-1-3-7-13(11)33-15(31)16(32)34-14-8-4-2-6-12(14)10-18(23,24)20(28,29)30/h1-8H,9-10H2. The third-order valence-electron chi connectivity index (χ3n) is 4.17. The maximum Gasteiger partial charge on any atom is 0.453 e. The van der Waals surface area contributed by atoms with Crippen LogP contribution < -0.4 is 9.47 Å². The van der Waals surface area contributed by atoms with Crippen molar-refractivity contribution in [3.8, 4) is 11.5 Å². The summed E-state index contributed by atoms with van der Waals surface area (Å²) in [7, 11) is 0. The van der Waals surface area contributed by atoms with Crippen LogP contribution in [0.1, 0.15) is 11.1 Å². The fourth-order valence-corrected chi connectivity index (χ4v) is 2.46. The molecule has 0 saturated carbocycles. The zero-order chi connectivity index (χ0) is 25.9. The van der Waals surface area contributed by atoms with Crippen molar-refractivity contribution in [1.29, 1.82) is 0 Å². The van der Waals surface area contributed by atoms with Gasteiger partial charge in [0.2, 0.25) is 0 Å². The highest BCUT2D eigenvalue weighted by molar-refractivity contribution is 6.31. The second kappa shape index (κ2) is 9.50. The van der Waals surface area contributed by atoms with E-state index in [-0.39, 0.29) is 0 Å². The summed E-state index contributed by atoms with van der Waals surface area (Å²) in [6.07, 6.45) is -15.7. The Labute approximate surface area is 184 Å². The molecule has 0 amide bonds. The lowest BCUT2D eigenvalue weighted by atomic mass is 10.1. The normalized spacial score (nSPS) is 12.9. The number of hydrogen-bond acceptors (Lipinski definition) is 4. The number of halogens is 10. The van der Waals surface area contributed by atoms with Crippen LogP contribution in [-0.2, 0) is 22.4 Å². The fourth-order valence-electron chi connectivity index (χ4n) is 2.46. The first kappa shape index (κ1) is 26.9. The minimum absolute atomic E-state index is 0.766. The monoisotopic (exact) mass is 506 g/mol. The van der Waals surface area contributed by atoms with Gasteiger partial charge in [-0.15, -0.1) is 0 Å². The Hall–Kier alpha value is -3.32. The quantitative estimate of drug-likeness (QED) is 0.219. The summed E-state index contributed by atoms with van der Waals surface area (Å²) in [4.78, 5) is 23.9. The molecule has 2 rings (SSSR count). The van der Waals surface area contributed by atoms with Crippen molar-refractivity contribution < 1.29 is 63.0 Å². The molecule has 0 N–H and O–H groups in total. The summed E-state index contributed by atoms with van der Waals surface area (Å²) in [6.45, 7) is 0. The van der Waals surface area contributed by atoms with Crippen LogP contribution in [0.25, 0.3) is 0 Å². The van der Waals surface area contributed by atoms with Gasteiger partial charge in [0.05, 0.1) is 0 Å². The number of esters is 2. The molecule has 0 atom stereocenters. The van der Waals surface area contributed by atoms with Gasteiger partial charge < -0.3 is 9.47 Å². The molecule has 0 heterocycles. The van der Waals surface area contributed by atoms with Gasteiger partial charge in [0.15, 0.2) is 0 Å². The predicted molar refractivity (Wildman–Crippen MR) is 93.6 cm³/mol. The van der Waals surface area contributed by atoms with Gasteiger partial charge in [0.1, 0.15) is 11.5 Å². The Morgan fingerprint density at radius 1 is 0.559 bits per heavy atom. The average Bonchev–Trinajstić information content (AvgIpc) is 2.68. The second-order valence-electron chi connectivity index (χ2n) is 6.75. The van der Waals surface area contributed by atoms with E-state index in [1.807, 2.05) is 0 Å². The maximum atomic E-state index is 13.3. The summed E-state index contributed by atoms with van der Waals surface area (Å²) in [5, 5.41) is 0. The van der Waals surface area contributed by atoms with Crippen LogP contribution in [0.2, 0.25) is 0 Å². The molecule has 0 bridgehead atoms. The summed E-state index contributed by atoms with van der Waals surface area (Å²) in [5.41, 5.74) is -1.62. The summed E-state index contributed by atoms with van der Waals surface area (Å²) < 4.78 is 137. The molecule has 0 unspecified atom stereocenters. The van der Waals surface area contributed by atoms with E-state index in [1.54, 1.807) is 0 Å². The molecule has 0 fully saturated rings. The van der Waals surface area contributed by atoms with E-state index >= 15 is 0 Å². The number of benzene rings is 2. The molecular formula is C20H12F10O4. The van der Waals surface area contributed by atoms with Gasteiger partial charge in [0, 0.05) is 24.0 Å². The SMILES string of the molecule is O=C(Oc1ccccc1CC(F)(F)C(F)(F)F)C(=O)Oc1ccccc1CC(F)(F)C(F)(F)F. The number of rotatable bonds is 6. The van der Waals surface area contributed by atoms with Crippen LogP contribution in [0.5, 0.6) is 11.5 Å². The zero-order valence-electron chi connectivity index (χ0n) is 16.4. The highest BCUT2D eigenvalue weighted by Gasteiger charge is 2.58. The molecule has 14 heteroatoms. The molecule has 0 saturated heterocycles. The lowest BCUT2D eigenvalue weighted by molar-refractivity contribution is -0.281. The summed E-state index contributed by atoms with van der Waals surface area (Å²) in [6, 6.07) is 7.39. The highest BCUT2D eigenvalue weighted by Crippen LogP contribution is 2.40. The van der Waals surface area contributed by atoms with E-state index in [1.165, 1.54) is 0 Å². The van der Waals surface area contributed by atoms with Crippen LogP contribution in [0.15, 0.2) is 48.5 Å². The minimum Gasteiger partial charge on any atom is -0.418 e. The molecular weight excluding hydrogens is 494 g/mol. The van der Waals surface area contributed by atoms with Crippen molar-refractivity contribution in [1.82, 2.24) is 0 Å². The third-order valence-corrected chi connectivity index (χ3v) is 4.17. The van der Waals surface area contributed by atoms with E-state index in [2.05, 4.69) is 9.47 Å². The molecule has 2 aromatic rings. The Kier molecular flexibility index (Phi) is 7.53. The molecule has 0 aliphatic carbocycles. The second-order valence-corrected chi connectivity index (χ2v) is 6.75. The van der Waals surface area contributed by atoms with Crippen molar-refractivity contribution in [2.24, 2.45) is 0 Å². The molecule has 0 spiro atoms. The number of ether oxygens (including phenoxy) is 2. The topological polar surface area (TPSA) is 52.6 Å². The Balaban J connectivity index is 2.19. The molecule has 4 nitrogen and oxygen atoms in total. The Bertz CT molecular complexity index is 961. The van der Waals surface area contributed by atoms with Crippen molar-refractivity contribution in [2.45, 2.75) is 37.0 Å². The van der Waals surface area contributed by atoms with Crippen molar-refractivity contribution in [3.63, 3.8) is 0 Å². The number of carbonyl (C=O) groups is 2. The number of para-hydroxylation sites is 2. The largest absolute Gasteiger partial charge is 0.453 e. The van der Waals surface area contributed by atoms with Crippen LogP contribution >= 0.6 is 0 Å². The van der Waals surface area contributed by atoms with E-state index in [4.69, 9.17) is 0 Å². The van der Waals surface area contributed by atoms with E-state index < -0.39 is 71.6 Å². The number of carbonyl (C=O) groups excluding carboxylic acids is 2. The number of alkyl halides is 10. The fraction of sp³-hybridized carbons (Fsp3) is 0.300. The highest BCUT2D eigenvalue weighted by atomic mass is 19.4. The molecule has 34 heavy (non-hydrogen) atoms. The first-order valence-corrected chi connectivity index (χ1v) is 8.93. The first-order valence-electron chi connectivity index (χ1n) is 8.93. The van der Waals surface area contributed by atoms with Gasteiger partial charge in [-0.25, -0.2) is 9.59 Å². The van der Waals surface area contributed by atoms with E-state index in [0.717, 1.165) is 48.5 Å². The van der Waals surface area contributed by atoms with E-state index in [9.17, 15) is 53.5 Å². The van der Waals surface area contributed by atoms with Crippen molar-refractivity contribution >= 4 is 11.9 Å². The smallest absolute Gasteiger partial charge is 0.418 e. The predicted octanol–water partition coefficient (Wildman–Crippen LogP) is 5.68. The van der Waals surface area contributed by atoms with Gasteiger partial charge in [-0.1, -0.05) is 36.4 Å². The average molecular weight is 506 g/mol. The Morgan fingerprint density at radius 2 is 0.853 bits per heavy atom. The molecule has 0 aliphatic rings. The van der Waals surface area contributed by atoms with Gasteiger partial charge in [-0.3, -0.25) is 0 Å². The summed E-state index contributed by atoms with van der Waals surface area (Å²) in [5.74, 6) is -16.0. The van der Waals surface area contributed by atoms with Crippen LogP contribution in [0.4, 0.5) is 43.9 Å². The van der Waals surface area contributed by atoms with Crippen LogP contribution in [-0.4, -0.2) is 36.1 Å². The maximum absolute atomic E-state index is 13.3. The molecule has 2 aromatic carbocycles. The van der Waals surface area contributed by atoms with Crippen molar-refractivity contribution in [3.05, 3.63) is 59.7 Å². The Morgan fingerprint density at radius 3 is 1.15 bits per heavy atom. The minimum atomic E-state index is -5.93. The molecule has 0 aliphatic heterocycles. The van der Waals surface area contributed by atoms with Crippen molar-refractivity contribution in [2.75, 3.05) is 0 Å². The number of hydrogen-bond donors (Lipinski definition) is 0.